The average molecular weight is 407 g/mol. The average Bonchev–Trinajstić information content (AvgIpc) is 2.73. The predicted octanol–water partition coefficient (Wildman–Crippen LogP) is 6.01. The topological polar surface area (TPSA) is 48.7 Å². The van der Waals surface area contributed by atoms with Crippen molar-refractivity contribution in [2.45, 2.75) is 13.5 Å². The molecule has 1 heterocycles. The van der Waals surface area contributed by atoms with Gasteiger partial charge in [-0.15, -0.1) is 0 Å². The van der Waals surface area contributed by atoms with Crippen molar-refractivity contribution in [1.82, 2.24) is 0 Å². The number of benzene rings is 3. The third kappa shape index (κ3) is 3.98. The molecule has 4 aromatic rings. The number of rotatable bonds is 5. The predicted molar refractivity (Wildman–Crippen MR) is 115 cm³/mol. The largest absolute Gasteiger partial charge is 0.497 e. The fourth-order valence-corrected chi connectivity index (χ4v) is 3.43. The second-order valence-electron chi connectivity index (χ2n) is 6.69. The molecule has 0 spiro atoms. The van der Waals surface area contributed by atoms with Crippen molar-refractivity contribution in [1.29, 1.82) is 0 Å². The second-order valence-corrected chi connectivity index (χ2v) is 7.13. The molecule has 4 nitrogen and oxygen atoms in total. The monoisotopic (exact) mass is 406 g/mol. The van der Waals surface area contributed by atoms with E-state index in [-0.39, 0.29) is 5.63 Å². The Bertz CT molecular complexity index is 1230. The molecule has 0 aliphatic carbocycles. The highest BCUT2D eigenvalue weighted by Crippen LogP contribution is 2.30. The van der Waals surface area contributed by atoms with E-state index in [1.165, 1.54) is 0 Å². The molecule has 0 saturated carbocycles. The summed E-state index contributed by atoms with van der Waals surface area (Å²) in [5, 5.41) is 1.48. The molecule has 0 aliphatic rings. The van der Waals surface area contributed by atoms with Gasteiger partial charge in [0.15, 0.2) is 0 Å². The maximum absolute atomic E-state index is 12.6. The van der Waals surface area contributed by atoms with Gasteiger partial charge in [-0.3, -0.25) is 0 Å². The first-order chi connectivity index (χ1) is 14.0. The minimum absolute atomic E-state index is 0.384. The second kappa shape index (κ2) is 8.02. The van der Waals surface area contributed by atoms with Crippen LogP contribution < -0.4 is 15.1 Å². The van der Waals surface area contributed by atoms with Gasteiger partial charge in [-0.05, 0) is 60.0 Å². The van der Waals surface area contributed by atoms with Crippen molar-refractivity contribution in [3.05, 3.63) is 93.3 Å². The molecule has 0 N–H and O–H groups in total. The van der Waals surface area contributed by atoms with Crippen LogP contribution in [0.1, 0.15) is 11.1 Å². The molecule has 0 aliphatic heterocycles. The van der Waals surface area contributed by atoms with Crippen LogP contribution in [0.5, 0.6) is 11.5 Å². The van der Waals surface area contributed by atoms with Gasteiger partial charge in [0.25, 0.3) is 0 Å². The molecule has 0 atom stereocenters. The number of hydrogen-bond donors (Lipinski definition) is 0. The van der Waals surface area contributed by atoms with Crippen LogP contribution in [0.4, 0.5) is 0 Å². The minimum Gasteiger partial charge on any atom is -0.497 e. The first kappa shape index (κ1) is 19.1. The molecule has 0 bridgehead atoms. The Morgan fingerprint density at radius 3 is 2.52 bits per heavy atom. The van der Waals surface area contributed by atoms with E-state index in [2.05, 4.69) is 0 Å². The molecule has 29 heavy (non-hydrogen) atoms. The molecule has 146 valence electrons. The fourth-order valence-electron chi connectivity index (χ4n) is 3.31. The van der Waals surface area contributed by atoms with Gasteiger partial charge >= 0.3 is 5.63 Å². The first-order valence-corrected chi connectivity index (χ1v) is 9.52. The molecule has 0 fully saturated rings. The number of ether oxygens (including phenoxy) is 2. The molecule has 0 unspecified atom stereocenters. The molecule has 4 rings (SSSR count). The van der Waals surface area contributed by atoms with Gasteiger partial charge in [0.05, 0.1) is 12.7 Å². The van der Waals surface area contributed by atoms with Crippen molar-refractivity contribution in [2.24, 2.45) is 0 Å². The van der Waals surface area contributed by atoms with E-state index >= 15 is 0 Å². The molecule has 3 aromatic carbocycles. The van der Waals surface area contributed by atoms with E-state index in [0.29, 0.717) is 28.5 Å². The summed E-state index contributed by atoms with van der Waals surface area (Å²) in [5.41, 5.74) is 3.27. The maximum Gasteiger partial charge on any atom is 0.344 e. The Hall–Kier alpha value is -3.24. The van der Waals surface area contributed by atoms with Crippen LogP contribution in [0.2, 0.25) is 5.02 Å². The van der Waals surface area contributed by atoms with E-state index in [0.717, 1.165) is 27.8 Å². The van der Waals surface area contributed by atoms with Crippen molar-refractivity contribution in [3.8, 4) is 22.6 Å². The molecule has 0 radical (unpaired) electrons. The molecular weight excluding hydrogens is 388 g/mol. The van der Waals surface area contributed by atoms with Crippen molar-refractivity contribution in [2.75, 3.05) is 7.11 Å². The highest BCUT2D eigenvalue weighted by atomic mass is 35.5. The van der Waals surface area contributed by atoms with Gasteiger partial charge in [0.1, 0.15) is 23.7 Å². The van der Waals surface area contributed by atoms with E-state index in [1.54, 1.807) is 25.3 Å². The van der Waals surface area contributed by atoms with Crippen LogP contribution in [0.3, 0.4) is 0 Å². The summed E-state index contributed by atoms with van der Waals surface area (Å²) >= 11 is 5.96. The number of hydrogen-bond acceptors (Lipinski definition) is 4. The normalized spacial score (nSPS) is 10.9. The summed E-state index contributed by atoms with van der Waals surface area (Å²) in [4.78, 5) is 12.6. The molecule has 5 heteroatoms. The van der Waals surface area contributed by atoms with Crippen LogP contribution in [-0.2, 0) is 6.61 Å². The summed E-state index contributed by atoms with van der Waals surface area (Å²) in [6.45, 7) is 2.30. The van der Waals surface area contributed by atoms with Crippen LogP contribution in [-0.4, -0.2) is 7.11 Å². The molecule has 0 saturated heterocycles. The van der Waals surface area contributed by atoms with E-state index in [1.807, 2.05) is 55.5 Å². The number of halogens is 1. The number of methoxy groups -OCH3 is 1. The summed E-state index contributed by atoms with van der Waals surface area (Å²) in [6.07, 6.45) is 0. The first-order valence-electron chi connectivity index (χ1n) is 9.14. The van der Waals surface area contributed by atoms with Crippen molar-refractivity contribution in [3.63, 3.8) is 0 Å². The zero-order chi connectivity index (χ0) is 20.4. The van der Waals surface area contributed by atoms with E-state index in [9.17, 15) is 4.79 Å². The van der Waals surface area contributed by atoms with Gasteiger partial charge in [-0.2, -0.15) is 0 Å². The smallest absolute Gasteiger partial charge is 0.344 e. The van der Waals surface area contributed by atoms with Gasteiger partial charge < -0.3 is 13.9 Å². The van der Waals surface area contributed by atoms with E-state index in [4.69, 9.17) is 25.5 Å². The zero-order valence-corrected chi connectivity index (χ0v) is 16.8. The van der Waals surface area contributed by atoms with Crippen molar-refractivity contribution >= 4 is 22.6 Å². The van der Waals surface area contributed by atoms with Crippen LogP contribution in [0, 0.1) is 6.92 Å². The third-order valence-corrected chi connectivity index (χ3v) is 5.06. The lowest BCUT2D eigenvalue weighted by atomic mass is 10.00. The number of fused-ring (bicyclic) bond motifs is 1. The standard InChI is InChI=1S/C24H19ClO4/c1-15-21-11-10-20(28-14-16-4-3-5-19(12-16)27-2)13-22(21)29-24(26)23(15)17-6-8-18(25)9-7-17/h3-13H,14H2,1-2H3. The summed E-state index contributed by atoms with van der Waals surface area (Å²) in [5.74, 6) is 1.41. The van der Waals surface area contributed by atoms with Gasteiger partial charge in [0, 0.05) is 16.5 Å². The minimum atomic E-state index is -0.387. The maximum atomic E-state index is 12.6. The summed E-state index contributed by atoms with van der Waals surface area (Å²) < 4.78 is 16.7. The lowest BCUT2D eigenvalue weighted by Crippen LogP contribution is -2.06. The van der Waals surface area contributed by atoms with Gasteiger partial charge in [0.2, 0.25) is 0 Å². The highest BCUT2D eigenvalue weighted by molar-refractivity contribution is 6.30. The SMILES string of the molecule is COc1cccc(COc2ccc3c(C)c(-c4ccc(Cl)cc4)c(=O)oc3c2)c1. The van der Waals surface area contributed by atoms with Crippen LogP contribution in [0.15, 0.2) is 75.9 Å². The van der Waals surface area contributed by atoms with E-state index < -0.39 is 0 Å². The van der Waals surface area contributed by atoms with Crippen molar-refractivity contribution < 1.29 is 13.9 Å². The van der Waals surface area contributed by atoms with Crippen LogP contribution >= 0.6 is 11.6 Å². The fraction of sp³-hybridized carbons (Fsp3) is 0.125. The lowest BCUT2D eigenvalue weighted by Gasteiger charge is -2.11. The quantitative estimate of drug-likeness (QED) is 0.381. The van der Waals surface area contributed by atoms with Gasteiger partial charge in [-0.1, -0.05) is 35.9 Å². The summed E-state index contributed by atoms with van der Waals surface area (Å²) in [7, 11) is 1.63. The molecular formula is C24H19ClO4. The highest BCUT2D eigenvalue weighted by Gasteiger charge is 2.14. The summed E-state index contributed by atoms with van der Waals surface area (Å²) in [6, 6.07) is 20.4. The number of aryl methyl sites for hydroxylation is 1. The third-order valence-electron chi connectivity index (χ3n) is 4.81. The Kier molecular flexibility index (Phi) is 5.28. The Morgan fingerprint density at radius 1 is 0.966 bits per heavy atom. The van der Waals surface area contributed by atoms with Gasteiger partial charge in [-0.25, -0.2) is 4.79 Å². The Balaban J connectivity index is 1.65. The molecule has 0 amide bonds. The lowest BCUT2D eigenvalue weighted by molar-refractivity contribution is 0.305. The Labute approximate surface area is 173 Å². The Morgan fingerprint density at radius 2 is 1.76 bits per heavy atom. The molecule has 1 aromatic heterocycles. The zero-order valence-electron chi connectivity index (χ0n) is 16.1. The van der Waals surface area contributed by atoms with Crippen LogP contribution in [0.25, 0.3) is 22.1 Å².